The molecule has 0 saturated heterocycles. The van der Waals surface area contributed by atoms with Gasteiger partial charge in [0.05, 0.1) is 0 Å². The summed E-state index contributed by atoms with van der Waals surface area (Å²) in [6, 6.07) is 13.8. The van der Waals surface area contributed by atoms with Crippen LogP contribution in [0.2, 0.25) is 5.02 Å². The van der Waals surface area contributed by atoms with Gasteiger partial charge >= 0.3 is 0 Å². The van der Waals surface area contributed by atoms with Gasteiger partial charge in [0.25, 0.3) is 0 Å². The van der Waals surface area contributed by atoms with Crippen molar-refractivity contribution in [2.45, 2.75) is 25.4 Å². The zero-order chi connectivity index (χ0) is 13.8. The number of halogens is 1. The fraction of sp³-hybridized carbons (Fsp3) is 0.250. The Kier molecular flexibility index (Phi) is 4.78. The number of aryl methyl sites for hydroxylation is 2. The Balaban J connectivity index is 2.05. The van der Waals surface area contributed by atoms with Crippen molar-refractivity contribution < 1.29 is 4.21 Å². The Hall–Kier alpha value is -1.12. The molecule has 0 saturated carbocycles. The van der Waals surface area contributed by atoms with Gasteiger partial charge in [0.2, 0.25) is 0 Å². The summed E-state index contributed by atoms with van der Waals surface area (Å²) in [7, 11) is -0.890. The van der Waals surface area contributed by atoms with E-state index in [1.807, 2.05) is 24.3 Å². The third-order valence-corrected chi connectivity index (χ3v) is 4.60. The second kappa shape index (κ2) is 6.36. The Labute approximate surface area is 122 Å². The Morgan fingerprint density at radius 2 is 1.68 bits per heavy atom. The molecule has 0 spiro atoms. The van der Waals surface area contributed by atoms with E-state index >= 15 is 0 Å². The maximum Gasteiger partial charge on any atom is 0.0491 e. The van der Waals surface area contributed by atoms with E-state index in [0.29, 0.717) is 16.5 Å². The van der Waals surface area contributed by atoms with Gasteiger partial charge in [-0.2, -0.15) is 0 Å². The maximum absolute atomic E-state index is 12.2. The number of hydrogen-bond acceptors (Lipinski definition) is 1. The maximum atomic E-state index is 12.2. The van der Waals surface area contributed by atoms with Crippen LogP contribution in [0.1, 0.15) is 22.3 Å². The van der Waals surface area contributed by atoms with Crippen LogP contribution >= 0.6 is 11.6 Å². The summed E-state index contributed by atoms with van der Waals surface area (Å²) in [5, 5.41) is 0.712. The molecular weight excluding hydrogens is 276 g/mol. The first-order valence-electron chi connectivity index (χ1n) is 6.20. The lowest BCUT2D eigenvalue weighted by atomic mass is 10.1. The zero-order valence-electron chi connectivity index (χ0n) is 11.2. The molecule has 0 heterocycles. The second-order valence-corrected chi connectivity index (χ2v) is 6.68. The van der Waals surface area contributed by atoms with E-state index in [4.69, 9.17) is 11.6 Å². The topological polar surface area (TPSA) is 17.1 Å². The van der Waals surface area contributed by atoms with Gasteiger partial charge in [-0.05, 0) is 42.7 Å². The molecule has 19 heavy (non-hydrogen) atoms. The van der Waals surface area contributed by atoms with Crippen molar-refractivity contribution in [2.24, 2.45) is 0 Å². The summed E-state index contributed by atoms with van der Waals surface area (Å²) in [6.45, 7) is 4.12. The van der Waals surface area contributed by atoms with Crippen molar-refractivity contribution in [3.63, 3.8) is 0 Å². The highest BCUT2D eigenvalue weighted by Crippen LogP contribution is 2.16. The molecule has 0 N–H and O–H groups in total. The number of hydrogen-bond donors (Lipinski definition) is 0. The van der Waals surface area contributed by atoms with E-state index in [0.717, 1.165) is 5.56 Å². The first kappa shape index (κ1) is 14.3. The monoisotopic (exact) mass is 292 g/mol. The Morgan fingerprint density at radius 1 is 1.00 bits per heavy atom. The average molecular weight is 293 g/mol. The van der Waals surface area contributed by atoms with Crippen LogP contribution in [0.15, 0.2) is 42.5 Å². The summed E-state index contributed by atoms with van der Waals surface area (Å²) >= 11 is 5.84. The van der Waals surface area contributed by atoms with Crippen molar-refractivity contribution in [3.05, 3.63) is 69.7 Å². The molecule has 2 rings (SSSR count). The van der Waals surface area contributed by atoms with Crippen LogP contribution in [0.25, 0.3) is 0 Å². The average Bonchev–Trinajstić information content (AvgIpc) is 2.37. The standard InChI is InChI=1S/C16H17ClOS/c1-12-3-4-13(2)15(9-12)11-19(18)10-14-5-7-16(17)8-6-14/h3-9H,10-11H2,1-2H3/t19-/m1/s1. The van der Waals surface area contributed by atoms with E-state index < -0.39 is 10.8 Å². The summed E-state index contributed by atoms with van der Waals surface area (Å²) in [5.41, 5.74) is 4.65. The molecule has 0 radical (unpaired) electrons. The van der Waals surface area contributed by atoms with Gasteiger partial charge in [0.1, 0.15) is 0 Å². The number of benzene rings is 2. The second-order valence-electron chi connectivity index (χ2n) is 4.78. The normalized spacial score (nSPS) is 12.4. The molecule has 1 atom stereocenters. The van der Waals surface area contributed by atoms with Crippen LogP contribution in [0, 0.1) is 13.8 Å². The molecule has 2 aromatic carbocycles. The van der Waals surface area contributed by atoms with Crippen LogP contribution in [0.5, 0.6) is 0 Å². The highest BCUT2D eigenvalue weighted by atomic mass is 35.5. The van der Waals surface area contributed by atoms with Crippen LogP contribution in [-0.2, 0) is 22.3 Å². The SMILES string of the molecule is Cc1ccc(C)c(C[S@](=O)Cc2ccc(Cl)cc2)c1. The molecule has 3 heteroatoms. The largest absolute Gasteiger partial charge is 0.259 e. The summed E-state index contributed by atoms with van der Waals surface area (Å²) in [6.07, 6.45) is 0. The Morgan fingerprint density at radius 3 is 2.37 bits per heavy atom. The molecule has 2 aromatic rings. The molecule has 100 valence electrons. The quantitative estimate of drug-likeness (QED) is 0.816. The molecule has 0 aromatic heterocycles. The fourth-order valence-electron chi connectivity index (χ4n) is 1.95. The molecule has 0 aliphatic rings. The van der Waals surface area contributed by atoms with Gasteiger partial charge in [0.15, 0.2) is 0 Å². The molecular formula is C16H17ClOS. The van der Waals surface area contributed by atoms with E-state index in [1.165, 1.54) is 16.7 Å². The van der Waals surface area contributed by atoms with Crippen molar-refractivity contribution >= 4 is 22.4 Å². The predicted octanol–water partition coefficient (Wildman–Crippen LogP) is 4.41. The molecule has 0 amide bonds. The van der Waals surface area contributed by atoms with E-state index in [2.05, 4.69) is 32.0 Å². The minimum absolute atomic E-state index is 0.574. The van der Waals surface area contributed by atoms with E-state index in [-0.39, 0.29) is 0 Å². The van der Waals surface area contributed by atoms with Gasteiger partial charge in [-0.25, -0.2) is 0 Å². The molecule has 0 unspecified atom stereocenters. The van der Waals surface area contributed by atoms with Crippen molar-refractivity contribution in [2.75, 3.05) is 0 Å². The summed E-state index contributed by atoms with van der Waals surface area (Å²) < 4.78 is 12.2. The lowest BCUT2D eigenvalue weighted by molar-refractivity contribution is 0.682. The molecule has 0 aliphatic carbocycles. The van der Waals surface area contributed by atoms with Crippen LogP contribution in [0.4, 0.5) is 0 Å². The third-order valence-electron chi connectivity index (χ3n) is 3.06. The first-order valence-corrected chi connectivity index (χ1v) is 8.07. The van der Waals surface area contributed by atoms with Crippen LogP contribution in [-0.4, -0.2) is 4.21 Å². The third kappa shape index (κ3) is 4.19. The summed E-state index contributed by atoms with van der Waals surface area (Å²) in [4.78, 5) is 0. The predicted molar refractivity (Wildman–Crippen MR) is 82.9 cm³/mol. The van der Waals surface area contributed by atoms with Crippen LogP contribution in [0.3, 0.4) is 0 Å². The van der Waals surface area contributed by atoms with Crippen molar-refractivity contribution in [1.29, 1.82) is 0 Å². The molecule has 0 bridgehead atoms. The first-order chi connectivity index (χ1) is 9.04. The van der Waals surface area contributed by atoms with Gasteiger partial charge in [-0.15, -0.1) is 0 Å². The lowest BCUT2D eigenvalue weighted by Crippen LogP contribution is -2.01. The van der Waals surface area contributed by atoms with Crippen LogP contribution < -0.4 is 0 Å². The molecule has 0 fully saturated rings. The minimum Gasteiger partial charge on any atom is -0.259 e. The Bertz CT molecular complexity index is 590. The minimum atomic E-state index is -0.890. The molecule has 1 nitrogen and oxygen atoms in total. The van der Waals surface area contributed by atoms with Gasteiger partial charge in [-0.1, -0.05) is 47.5 Å². The van der Waals surface area contributed by atoms with E-state index in [9.17, 15) is 4.21 Å². The van der Waals surface area contributed by atoms with Gasteiger partial charge in [-0.3, -0.25) is 4.21 Å². The smallest absolute Gasteiger partial charge is 0.0491 e. The van der Waals surface area contributed by atoms with Gasteiger partial charge < -0.3 is 0 Å². The lowest BCUT2D eigenvalue weighted by Gasteiger charge is -2.07. The van der Waals surface area contributed by atoms with Crippen molar-refractivity contribution in [1.82, 2.24) is 0 Å². The zero-order valence-corrected chi connectivity index (χ0v) is 12.7. The number of rotatable bonds is 4. The van der Waals surface area contributed by atoms with Crippen molar-refractivity contribution in [3.8, 4) is 0 Å². The molecule has 0 aliphatic heterocycles. The highest BCUT2D eigenvalue weighted by Gasteiger charge is 2.06. The van der Waals surface area contributed by atoms with E-state index in [1.54, 1.807) is 0 Å². The highest BCUT2D eigenvalue weighted by molar-refractivity contribution is 7.83. The van der Waals surface area contributed by atoms with Gasteiger partial charge in [0, 0.05) is 27.3 Å². The fourth-order valence-corrected chi connectivity index (χ4v) is 3.40. The summed E-state index contributed by atoms with van der Waals surface area (Å²) in [5.74, 6) is 1.18.